The van der Waals surface area contributed by atoms with Crippen LogP contribution >= 0.6 is 0 Å². The van der Waals surface area contributed by atoms with Gasteiger partial charge in [-0.3, -0.25) is 9.78 Å². The van der Waals surface area contributed by atoms with E-state index in [1.807, 2.05) is 31.2 Å². The van der Waals surface area contributed by atoms with E-state index in [1.54, 1.807) is 37.8 Å². The number of methoxy groups -OCH3 is 1. The Labute approximate surface area is 218 Å². The standard InChI is InChI=1S/C30H26F2N4O2/c1-18-10-19(12-23(32)11-18)13-27(30-24(4-3-9-33-30)20-5-8-29(38-2)35-16-20)36-28(37)14-21-17-34-26-7-6-22(31)15-25(21)26/h3-12,15-17,27,34H,13-14H2,1-2H3,(H,36,37)/t27-/m0/s1. The Morgan fingerprint density at radius 1 is 1.05 bits per heavy atom. The molecule has 0 fully saturated rings. The molecule has 0 bridgehead atoms. The van der Waals surface area contributed by atoms with Crippen molar-refractivity contribution < 1.29 is 18.3 Å². The molecule has 0 saturated heterocycles. The lowest BCUT2D eigenvalue weighted by Gasteiger charge is -2.22. The average Bonchev–Trinajstić information content (AvgIpc) is 3.29. The quantitative estimate of drug-likeness (QED) is 0.273. The molecule has 0 radical (unpaired) electrons. The monoisotopic (exact) mass is 512 g/mol. The predicted octanol–water partition coefficient (Wildman–Crippen LogP) is 5.86. The van der Waals surface area contributed by atoms with Crippen LogP contribution in [0.3, 0.4) is 0 Å². The number of fused-ring (bicyclic) bond motifs is 1. The van der Waals surface area contributed by atoms with Gasteiger partial charge in [0, 0.05) is 46.7 Å². The fraction of sp³-hybridized carbons (Fsp3) is 0.167. The molecule has 2 N–H and O–H groups in total. The number of nitrogens with one attached hydrogen (secondary N) is 2. The summed E-state index contributed by atoms with van der Waals surface area (Å²) in [6.07, 6.45) is 5.41. The molecule has 3 heterocycles. The Kier molecular flexibility index (Phi) is 7.13. The number of H-pyrrole nitrogens is 1. The lowest BCUT2D eigenvalue weighted by atomic mass is 9.95. The number of hydrogen-bond donors (Lipinski definition) is 2. The Balaban J connectivity index is 1.49. The van der Waals surface area contributed by atoms with Crippen LogP contribution in [-0.4, -0.2) is 28.0 Å². The van der Waals surface area contributed by atoms with Crippen LogP contribution in [0, 0.1) is 18.6 Å². The number of hydrogen-bond acceptors (Lipinski definition) is 4. The molecule has 38 heavy (non-hydrogen) atoms. The van der Waals surface area contributed by atoms with Crippen molar-refractivity contribution in [1.29, 1.82) is 0 Å². The molecule has 0 saturated carbocycles. The summed E-state index contributed by atoms with van der Waals surface area (Å²) in [7, 11) is 1.55. The van der Waals surface area contributed by atoms with E-state index in [0.29, 0.717) is 28.9 Å². The molecular formula is C30H26F2N4O2. The zero-order valence-corrected chi connectivity index (χ0v) is 21.0. The van der Waals surface area contributed by atoms with Gasteiger partial charge in [-0.2, -0.15) is 0 Å². The molecule has 0 unspecified atom stereocenters. The molecular weight excluding hydrogens is 486 g/mol. The van der Waals surface area contributed by atoms with Crippen molar-refractivity contribution in [3.63, 3.8) is 0 Å². The van der Waals surface area contributed by atoms with E-state index in [1.165, 1.54) is 24.3 Å². The number of aromatic nitrogens is 3. The number of amides is 1. The molecule has 1 amide bonds. The molecule has 6 nitrogen and oxygen atoms in total. The zero-order valence-electron chi connectivity index (χ0n) is 21.0. The van der Waals surface area contributed by atoms with Crippen LogP contribution < -0.4 is 10.1 Å². The molecule has 0 aliphatic rings. The first-order valence-electron chi connectivity index (χ1n) is 12.2. The summed E-state index contributed by atoms with van der Waals surface area (Å²) >= 11 is 0. The summed E-state index contributed by atoms with van der Waals surface area (Å²) in [6.45, 7) is 1.82. The van der Waals surface area contributed by atoms with Crippen molar-refractivity contribution in [3.8, 4) is 17.0 Å². The molecule has 0 aliphatic carbocycles. The SMILES string of the molecule is COc1ccc(-c2cccnc2[C@H](Cc2cc(C)cc(F)c2)NC(=O)Cc2c[nH]c3ccc(F)cc23)cn1. The van der Waals surface area contributed by atoms with Crippen LogP contribution in [0.5, 0.6) is 5.88 Å². The minimum Gasteiger partial charge on any atom is -0.481 e. The number of nitrogens with zero attached hydrogens (tertiary/aromatic N) is 2. The Morgan fingerprint density at radius 3 is 2.68 bits per heavy atom. The maximum Gasteiger partial charge on any atom is 0.225 e. The fourth-order valence-electron chi connectivity index (χ4n) is 4.70. The second kappa shape index (κ2) is 10.8. The van der Waals surface area contributed by atoms with E-state index < -0.39 is 6.04 Å². The molecule has 8 heteroatoms. The van der Waals surface area contributed by atoms with Gasteiger partial charge in [-0.1, -0.05) is 12.1 Å². The topological polar surface area (TPSA) is 79.9 Å². The van der Waals surface area contributed by atoms with E-state index in [9.17, 15) is 13.6 Å². The Hall–Kier alpha value is -4.59. The van der Waals surface area contributed by atoms with Crippen LogP contribution in [-0.2, 0) is 17.6 Å². The van der Waals surface area contributed by atoms with Gasteiger partial charge < -0.3 is 15.0 Å². The summed E-state index contributed by atoms with van der Waals surface area (Å²) in [6, 6.07) is 16.0. The first kappa shape index (κ1) is 25.1. The minimum absolute atomic E-state index is 0.0361. The van der Waals surface area contributed by atoms with Gasteiger partial charge in [0.2, 0.25) is 11.8 Å². The van der Waals surface area contributed by atoms with Crippen LogP contribution in [0.2, 0.25) is 0 Å². The number of halogens is 2. The van der Waals surface area contributed by atoms with E-state index >= 15 is 0 Å². The highest BCUT2D eigenvalue weighted by Gasteiger charge is 2.22. The molecule has 1 atom stereocenters. The Bertz CT molecular complexity index is 1580. The smallest absolute Gasteiger partial charge is 0.225 e. The lowest BCUT2D eigenvalue weighted by Crippen LogP contribution is -2.32. The molecule has 0 spiro atoms. The zero-order chi connectivity index (χ0) is 26.6. The normalized spacial score (nSPS) is 11.9. The van der Waals surface area contributed by atoms with Gasteiger partial charge in [0.05, 0.1) is 25.3 Å². The van der Waals surface area contributed by atoms with Gasteiger partial charge in [0.25, 0.3) is 0 Å². The number of pyridine rings is 2. The summed E-state index contributed by atoms with van der Waals surface area (Å²) in [5.74, 6) is -0.497. The maximum atomic E-state index is 14.2. The summed E-state index contributed by atoms with van der Waals surface area (Å²) in [5.41, 5.74) is 5.15. The van der Waals surface area contributed by atoms with Crippen molar-refractivity contribution in [2.24, 2.45) is 0 Å². The molecule has 0 aliphatic heterocycles. The van der Waals surface area contributed by atoms with Gasteiger partial charge in [-0.25, -0.2) is 13.8 Å². The van der Waals surface area contributed by atoms with E-state index in [4.69, 9.17) is 4.74 Å². The minimum atomic E-state index is -0.566. The van der Waals surface area contributed by atoms with Crippen molar-refractivity contribution >= 4 is 16.8 Å². The maximum absolute atomic E-state index is 14.2. The number of aromatic amines is 1. The number of benzene rings is 2. The summed E-state index contributed by atoms with van der Waals surface area (Å²) in [4.78, 5) is 25.3. The van der Waals surface area contributed by atoms with Crippen molar-refractivity contribution in [1.82, 2.24) is 20.3 Å². The molecule has 3 aromatic heterocycles. The van der Waals surface area contributed by atoms with Gasteiger partial charge in [-0.15, -0.1) is 0 Å². The fourth-order valence-corrected chi connectivity index (χ4v) is 4.70. The predicted molar refractivity (Wildman–Crippen MR) is 142 cm³/mol. The first-order valence-corrected chi connectivity index (χ1v) is 12.2. The first-order chi connectivity index (χ1) is 18.4. The third-order valence-electron chi connectivity index (χ3n) is 6.38. The summed E-state index contributed by atoms with van der Waals surface area (Å²) < 4.78 is 33.3. The van der Waals surface area contributed by atoms with Crippen molar-refractivity contribution in [2.45, 2.75) is 25.8 Å². The summed E-state index contributed by atoms with van der Waals surface area (Å²) in [5, 5.41) is 3.75. The number of carbonyl (C=O) groups is 1. The van der Waals surface area contributed by atoms with E-state index in [2.05, 4.69) is 20.3 Å². The second-order valence-corrected chi connectivity index (χ2v) is 9.17. The molecule has 5 aromatic rings. The highest BCUT2D eigenvalue weighted by Crippen LogP contribution is 2.30. The van der Waals surface area contributed by atoms with E-state index in [-0.39, 0.29) is 24.0 Å². The highest BCUT2D eigenvalue weighted by molar-refractivity contribution is 5.89. The van der Waals surface area contributed by atoms with Gasteiger partial charge >= 0.3 is 0 Å². The van der Waals surface area contributed by atoms with Crippen LogP contribution in [0.15, 0.2) is 79.3 Å². The lowest BCUT2D eigenvalue weighted by molar-refractivity contribution is -0.121. The number of rotatable bonds is 8. The van der Waals surface area contributed by atoms with Gasteiger partial charge in [0.15, 0.2) is 0 Å². The van der Waals surface area contributed by atoms with Crippen molar-refractivity contribution in [3.05, 3.63) is 113 Å². The van der Waals surface area contributed by atoms with Gasteiger partial charge in [-0.05, 0) is 72.5 Å². The van der Waals surface area contributed by atoms with Crippen LogP contribution in [0.25, 0.3) is 22.0 Å². The van der Waals surface area contributed by atoms with Crippen molar-refractivity contribution in [2.75, 3.05) is 7.11 Å². The second-order valence-electron chi connectivity index (χ2n) is 9.17. The van der Waals surface area contributed by atoms with Crippen LogP contribution in [0.1, 0.15) is 28.4 Å². The number of aryl methyl sites for hydroxylation is 1. The average molecular weight is 513 g/mol. The Morgan fingerprint density at radius 2 is 1.92 bits per heavy atom. The molecule has 2 aromatic carbocycles. The highest BCUT2D eigenvalue weighted by atomic mass is 19.1. The largest absolute Gasteiger partial charge is 0.481 e. The van der Waals surface area contributed by atoms with E-state index in [0.717, 1.165) is 27.8 Å². The number of carbonyl (C=O) groups excluding carboxylic acids is 1. The van der Waals surface area contributed by atoms with Gasteiger partial charge in [0.1, 0.15) is 11.6 Å². The van der Waals surface area contributed by atoms with Crippen LogP contribution in [0.4, 0.5) is 8.78 Å². The third-order valence-corrected chi connectivity index (χ3v) is 6.38. The molecule has 5 rings (SSSR count). The molecule has 192 valence electrons. The number of ether oxygens (including phenoxy) is 1. The third kappa shape index (κ3) is 5.54.